The molecule has 66 heavy (non-hydrogen) atoms. The molecule has 2 aliphatic carbocycles. The largest absolute Gasteiger partial charge is 0.455 e. The summed E-state index contributed by atoms with van der Waals surface area (Å²) >= 11 is 0. The normalized spacial score (nSPS) is 13.3. The number of benzene rings is 9. The second-order valence-electron chi connectivity index (χ2n) is 17.7. The number of fused-ring (bicyclic) bond motifs is 20. The van der Waals surface area contributed by atoms with E-state index < -0.39 is 5.41 Å². The number of rotatable bonds is 3. The van der Waals surface area contributed by atoms with Crippen molar-refractivity contribution in [1.29, 1.82) is 0 Å². The predicted molar refractivity (Wildman–Crippen MR) is 270 cm³/mol. The third kappa shape index (κ3) is 4.69. The summed E-state index contributed by atoms with van der Waals surface area (Å²) in [5.41, 5.74) is 19.9. The van der Waals surface area contributed by atoms with Gasteiger partial charge in [-0.15, -0.1) is 0 Å². The van der Waals surface area contributed by atoms with Gasteiger partial charge in [0.25, 0.3) is 0 Å². The first-order chi connectivity index (χ1) is 32.7. The minimum Gasteiger partial charge on any atom is -0.455 e. The van der Waals surface area contributed by atoms with Crippen LogP contribution in [0.4, 0.5) is 0 Å². The van der Waals surface area contributed by atoms with Crippen LogP contribution in [0.2, 0.25) is 0 Å². The van der Waals surface area contributed by atoms with Crippen molar-refractivity contribution in [3.8, 4) is 56.0 Å². The van der Waals surface area contributed by atoms with Crippen molar-refractivity contribution in [2.75, 3.05) is 0 Å². The van der Waals surface area contributed by atoms with E-state index in [9.17, 15) is 0 Å². The van der Waals surface area contributed by atoms with Crippen molar-refractivity contribution in [1.82, 2.24) is 15.0 Å². The Hall–Kier alpha value is -8.73. The lowest BCUT2D eigenvalue weighted by atomic mass is 9.70. The Bertz CT molecular complexity index is 4180. The highest BCUT2D eigenvalue weighted by molar-refractivity contribution is 6.30. The topological polar surface area (TPSA) is 51.8 Å². The SMILES string of the molecule is c1ccc(-c2ccc3ccc4ccc(-c5cc6c(-c7ccc8c(c7)C7(c9ccccc9-c9ccccc97)c7ccccc7-8)nc7ccccc7c6c6c5oc5ccccc56)nc4c3n2)cc1. The zero-order valence-electron chi connectivity index (χ0n) is 35.5. The van der Waals surface area contributed by atoms with Gasteiger partial charge in [0, 0.05) is 54.4 Å². The molecule has 0 atom stereocenters. The molecule has 9 aromatic carbocycles. The van der Waals surface area contributed by atoms with E-state index in [4.69, 9.17) is 19.4 Å². The fraction of sp³-hybridized carbons (Fsp3) is 0.0161. The standard InChI is InChI=1S/C62H35N3O/c1-2-14-36(15-3-1)52-32-29-37-26-27-38-30-33-54(65-60(38)59(37)63-52)46-35-47-56(57-45-20-8-13-25-55(45)66-61(46)57)44-19-7-12-24-53(44)64-58(47)39-28-31-43-42-18-6-11-23-50(42)62(51(43)34-39)48-21-9-4-16-40(48)41-17-5-10-22-49(41)62/h1-35H. The van der Waals surface area contributed by atoms with E-state index in [0.29, 0.717) is 0 Å². The predicted octanol–water partition coefficient (Wildman–Crippen LogP) is 15.7. The molecule has 4 aromatic heterocycles. The number of furan rings is 1. The first-order valence-corrected chi connectivity index (χ1v) is 22.6. The molecule has 4 heteroatoms. The number of pyridine rings is 3. The van der Waals surface area contributed by atoms with Crippen LogP contribution in [-0.4, -0.2) is 15.0 Å². The van der Waals surface area contributed by atoms with Gasteiger partial charge in [-0.25, -0.2) is 15.0 Å². The summed E-state index contributed by atoms with van der Waals surface area (Å²) in [6.45, 7) is 0. The maximum Gasteiger partial charge on any atom is 0.145 e. The Morgan fingerprint density at radius 3 is 1.62 bits per heavy atom. The molecule has 1 spiro atoms. The summed E-state index contributed by atoms with van der Waals surface area (Å²) in [7, 11) is 0. The molecule has 0 fully saturated rings. The fourth-order valence-corrected chi connectivity index (χ4v) is 11.7. The van der Waals surface area contributed by atoms with E-state index in [1.807, 2.05) is 12.1 Å². The molecule has 304 valence electrons. The first-order valence-electron chi connectivity index (χ1n) is 22.6. The molecule has 0 bridgehead atoms. The Kier molecular flexibility index (Phi) is 7.12. The average molecular weight is 838 g/mol. The highest BCUT2D eigenvalue weighted by Crippen LogP contribution is 2.63. The number of nitrogens with zero attached hydrogens (tertiary/aromatic N) is 3. The van der Waals surface area contributed by atoms with Crippen LogP contribution in [0.15, 0.2) is 217 Å². The second-order valence-corrected chi connectivity index (χ2v) is 17.7. The van der Waals surface area contributed by atoms with E-state index in [1.54, 1.807) is 0 Å². The van der Waals surface area contributed by atoms with Gasteiger partial charge in [-0.3, -0.25) is 0 Å². The Labute approximate surface area is 379 Å². The van der Waals surface area contributed by atoms with Crippen molar-refractivity contribution in [2.45, 2.75) is 5.41 Å². The molecular formula is C62H35N3O. The molecule has 13 aromatic rings. The van der Waals surface area contributed by atoms with Gasteiger partial charge in [-0.1, -0.05) is 176 Å². The van der Waals surface area contributed by atoms with E-state index in [1.165, 1.54) is 44.5 Å². The third-order valence-corrected chi connectivity index (χ3v) is 14.4. The minimum atomic E-state index is -0.479. The van der Waals surface area contributed by atoms with Crippen LogP contribution >= 0.6 is 0 Å². The summed E-state index contributed by atoms with van der Waals surface area (Å²) < 4.78 is 6.97. The molecule has 0 saturated carbocycles. The van der Waals surface area contributed by atoms with Crippen LogP contribution in [0.1, 0.15) is 22.3 Å². The second kappa shape index (κ2) is 13.2. The Morgan fingerprint density at radius 1 is 0.348 bits per heavy atom. The van der Waals surface area contributed by atoms with Crippen molar-refractivity contribution in [2.24, 2.45) is 0 Å². The van der Waals surface area contributed by atoms with Crippen LogP contribution in [0.3, 0.4) is 0 Å². The molecule has 15 rings (SSSR count). The molecule has 0 saturated heterocycles. The lowest BCUT2D eigenvalue weighted by Gasteiger charge is -2.30. The highest BCUT2D eigenvalue weighted by atomic mass is 16.3. The van der Waals surface area contributed by atoms with Gasteiger partial charge < -0.3 is 4.42 Å². The van der Waals surface area contributed by atoms with Crippen molar-refractivity contribution in [3.63, 3.8) is 0 Å². The first kappa shape index (κ1) is 35.7. The number of hydrogen-bond donors (Lipinski definition) is 0. The van der Waals surface area contributed by atoms with Crippen molar-refractivity contribution in [3.05, 3.63) is 235 Å². The van der Waals surface area contributed by atoms with E-state index in [-0.39, 0.29) is 0 Å². The van der Waals surface area contributed by atoms with Crippen LogP contribution in [0.25, 0.3) is 121 Å². The van der Waals surface area contributed by atoms with E-state index >= 15 is 0 Å². The van der Waals surface area contributed by atoms with Crippen LogP contribution in [0, 0.1) is 0 Å². The monoisotopic (exact) mass is 837 g/mol. The number of aromatic nitrogens is 3. The molecule has 0 unspecified atom stereocenters. The molecule has 4 nitrogen and oxygen atoms in total. The summed E-state index contributed by atoms with van der Waals surface area (Å²) in [5, 5.41) is 7.44. The quantitative estimate of drug-likeness (QED) is 0.166. The molecule has 0 radical (unpaired) electrons. The van der Waals surface area contributed by atoms with Gasteiger partial charge in [-0.05, 0) is 80.9 Å². The van der Waals surface area contributed by atoms with Gasteiger partial charge in [0.1, 0.15) is 11.2 Å². The highest BCUT2D eigenvalue weighted by Gasteiger charge is 2.51. The Morgan fingerprint density at radius 2 is 0.909 bits per heavy atom. The smallest absolute Gasteiger partial charge is 0.145 e. The average Bonchev–Trinajstić information content (AvgIpc) is 4.02. The zero-order chi connectivity index (χ0) is 43.1. The summed E-state index contributed by atoms with van der Waals surface area (Å²) in [5.74, 6) is 0. The van der Waals surface area contributed by atoms with Gasteiger partial charge in [-0.2, -0.15) is 0 Å². The van der Waals surface area contributed by atoms with Crippen molar-refractivity contribution >= 4 is 65.4 Å². The molecule has 0 amide bonds. The van der Waals surface area contributed by atoms with E-state index in [2.05, 4.69) is 200 Å². The Balaban J connectivity index is 1.04. The van der Waals surface area contributed by atoms with Crippen LogP contribution < -0.4 is 0 Å². The minimum absolute atomic E-state index is 0.479. The maximum absolute atomic E-state index is 6.97. The lowest BCUT2D eigenvalue weighted by Crippen LogP contribution is -2.25. The van der Waals surface area contributed by atoms with Crippen molar-refractivity contribution < 1.29 is 4.42 Å². The van der Waals surface area contributed by atoms with Gasteiger partial charge in [0.15, 0.2) is 0 Å². The van der Waals surface area contributed by atoms with Crippen LogP contribution in [-0.2, 0) is 5.41 Å². The van der Waals surface area contributed by atoms with Gasteiger partial charge >= 0.3 is 0 Å². The fourth-order valence-electron chi connectivity index (χ4n) is 11.7. The molecule has 0 N–H and O–H groups in total. The van der Waals surface area contributed by atoms with E-state index in [0.717, 1.165) is 99.2 Å². The lowest BCUT2D eigenvalue weighted by molar-refractivity contribution is 0.670. The summed E-state index contributed by atoms with van der Waals surface area (Å²) in [6.07, 6.45) is 0. The zero-order valence-corrected chi connectivity index (χ0v) is 35.5. The molecule has 2 aliphatic rings. The maximum atomic E-state index is 6.97. The van der Waals surface area contributed by atoms with Gasteiger partial charge in [0.05, 0.1) is 39.0 Å². The van der Waals surface area contributed by atoms with Gasteiger partial charge in [0.2, 0.25) is 0 Å². The summed E-state index contributed by atoms with van der Waals surface area (Å²) in [4.78, 5) is 16.4. The summed E-state index contributed by atoms with van der Waals surface area (Å²) in [6, 6.07) is 76.4. The molecule has 0 aliphatic heterocycles. The number of hydrogen-bond acceptors (Lipinski definition) is 4. The van der Waals surface area contributed by atoms with Crippen LogP contribution in [0.5, 0.6) is 0 Å². The third-order valence-electron chi connectivity index (χ3n) is 14.4. The molecular weight excluding hydrogens is 803 g/mol. The molecule has 4 heterocycles. The number of para-hydroxylation sites is 2.